The molecule has 1 fully saturated rings. The summed E-state index contributed by atoms with van der Waals surface area (Å²) in [6, 6.07) is 6.95. The number of aryl methyl sites for hydroxylation is 1. The van der Waals surface area contributed by atoms with Gasteiger partial charge in [-0.2, -0.15) is 0 Å². The molecule has 1 aromatic carbocycles. The lowest BCUT2D eigenvalue weighted by Gasteiger charge is -2.26. The summed E-state index contributed by atoms with van der Waals surface area (Å²) in [5.74, 6) is 0.219. The molecule has 1 aliphatic heterocycles. The Morgan fingerprint density at radius 1 is 1.37 bits per heavy atom. The number of benzene rings is 1. The van der Waals surface area contributed by atoms with Gasteiger partial charge in [0.2, 0.25) is 5.91 Å². The second-order valence-electron chi connectivity index (χ2n) is 5.68. The fourth-order valence-corrected chi connectivity index (χ4v) is 2.95. The normalized spacial score (nSPS) is 18.5. The molecule has 102 valence electrons. The van der Waals surface area contributed by atoms with Crippen molar-refractivity contribution in [3.8, 4) is 0 Å². The maximum absolute atomic E-state index is 11.9. The van der Waals surface area contributed by atoms with Crippen LogP contribution in [0.3, 0.4) is 0 Å². The number of fused-ring (bicyclic) bond motifs is 1. The molecule has 0 aromatic heterocycles. The van der Waals surface area contributed by atoms with E-state index in [0.717, 1.165) is 38.8 Å². The first-order valence-electron chi connectivity index (χ1n) is 7.42. The second-order valence-corrected chi connectivity index (χ2v) is 5.68. The number of carbonyl (C=O) groups excluding carboxylic acids is 1. The molecule has 1 saturated carbocycles. The van der Waals surface area contributed by atoms with Gasteiger partial charge in [-0.3, -0.25) is 4.79 Å². The van der Waals surface area contributed by atoms with Crippen LogP contribution in [0.15, 0.2) is 18.2 Å². The van der Waals surface area contributed by atoms with Gasteiger partial charge in [0.25, 0.3) is 0 Å². The largest absolute Gasteiger partial charge is 0.353 e. The van der Waals surface area contributed by atoms with E-state index in [1.54, 1.807) is 0 Å². The zero-order valence-corrected chi connectivity index (χ0v) is 11.4. The molecule has 0 radical (unpaired) electrons. The molecule has 3 nitrogen and oxygen atoms in total. The van der Waals surface area contributed by atoms with Gasteiger partial charge in [0, 0.05) is 19.0 Å². The summed E-state index contributed by atoms with van der Waals surface area (Å²) in [4.78, 5) is 11.9. The van der Waals surface area contributed by atoms with Gasteiger partial charge < -0.3 is 10.6 Å². The molecule has 0 spiro atoms. The third-order valence-electron chi connectivity index (χ3n) is 4.33. The van der Waals surface area contributed by atoms with E-state index in [1.165, 1.54) is 23.1 Å². The third-order valence-corrected chi connectivity index (χ3v) is 4.33. The van der Waals surface area contributed by atoms with Crippen molar-refractivity contribution in [2.75, 3.05) is 6.54 Å². The Hall–Kier alpha value is -1.35. The highest BCUT2D eigenvalue weighted by atomic mass is 16.1. The highest BCUT2D eigenvalue weighted by Gasteiger charge is 2.19. The third kappa shape index (κ3) is 2.98. The molecule has 3 heteroatoms. The first-order valence-corrected chi connectivity index (χ1v) is 7.42. The van der Waals surface area contributed by atoms with Crippen molar-refractivity contribution in [3.05, 3.63) is 34.9 Å². The summed E-state index contributed by atoms with van der Waals surface area (Å²) in [6.07, 6.45) is 6.19. The Morgan fingerprint density at radius 3 is 3.05 bits per heavy atom. The number of hydrogen-bond donors (Lipinski definition) is 2. The summed E-state index contributed by atoms with van der Waals surface area (Å²) in [5.41, 5.74) is 4.24. The lowest BCUT2D eigenvalue weighted by atomic mass is 9.92. The molecule has 0 unspecified atom stereocenters. The van der Waals surface area contributed by atoms with Crippen LogP contribution < -0.4 is 10.6 Å². The van der Waals surface area contributed by atoms with E-state index < -0.39 is 0 Å². The highest BCUT2D eigenvalue weighted by molar-refractivity contribution is 5.76. The van der Waals surface area contributed by atoms with Crippen molar-refractivity contribution in [2.24, 2.45) is 0 Å². The SMILES string of the molecule is O=C(CCc1cccc2c1CCNC2)NC1CCC1. The van der Waals surface area contributed by atoms with Crippen molar-refractivity contribution in [1.29, 1.82) is 0 Å². The van der Waals surface area contributed by atoms with E-state index in [-0.39, 0.29) is 5.91 Å². The number of amides is 1. The van der Waals surface area contributed by atoms with Crippen LogP contribution in [0.4, 0.5) is 0 Å². The maximum atomic E-state index is 11.9. The van der Waals surface area contributed by atoms with Crippen LogP contribution in [-0.2, 0) is 24.2 Å². The van der Waals surface area contributed by atoms with Crippen molar-refractivity contribution in [1.82, 2.24) is 10.6 Å². The van der Waals surface area contributed by atoms with Crippen molar-refractivity contribution >= 4 is 5.91 Å². The zero-order chi connectivity index (χ0) is 13.1. The van der Waals surface area contributed by atoms with Crippen molar-refractivity contribution in [3.63, 3.8) is 0 Å². The van der Waals surface area contributed by atoms with E-state index in [1.807, 2.05) is 0 Å². The van der Waals surface area contributed by atoms with Crippen molar-refractivity contribution < 1.29 is 4.79 Å². The second kappa shape index (κ2) is 5.74. The molecular weight excluding hydrogens is 236 g/mol. The predicted octanol–water partition coefficient (Wildman–Crippen LogP) is 1.93. The van der Waals surface area contributed by atoms with Gasteiger partial charge in [-0.1, -0.05) is 18.2 Å². The van der Waals surface area contributed by atoms with Crippen LogP contribution in [0, 0.1) is 0 Å². The molecule has 0 bridgehead atoms. The number of carbonyl (C=O) groups is 1. The highest BCUT2D eigenvalue weighted by Crippen LogP contribution is 2.21. The first kappa shape index (κ1) is 12.7. The average Bonchev–Trinajstić information content (AvgIpc) is 2.40. The van der Waals surface area contributed by atoms with Crippen LogP contribution in [0.2, 0.25) is 0 Å². The summed E-state index contributed by atoms with van der Waals surface area (Å²) in [6.45, 7) is 2.02. The van der Waals surface area contributed by atoms with Gasteiger partial charge in [0.05, 0.1) is 0 Å². The number of nitrogens with one attached hydrogen (secondary N) is 2. The minimum absolute atomic E-state index is 0.219. The van der Waals surface area contributed by atoms with Crippen LogP contribution in [-0.4, -0.2) is 18.5 Å². The fourth-order valence-electron chi connectivity index (χ4n) is 2.95. The number of rotatable bonds is 4. The summed E-state index contributed by atoms with van der Waals surface area (Å²) in [5, 5.41) is 6.51. The fraction of sp³-hybridized carbons (Fsp3) is 0.562. The van der Waals surface area contributed by atoms with Gasteiger partial charge in [0.15, 0.2) is 0 Å². The molecular formula is C16H22N2O. The standard InChI is InChI=1S/C16H22N2O/c19-16(18-14-5-2-6-14)8-7-12-3-1-4-13-11-17-10-9-15(12)13/h1,3-4,14,17H,2,5-11H2,(H,18,19). The molecule has 1 aromatic rings. The van der Waals surface area contributed by atoms with Gasteiger partial charge >= 0.3 is 0 Å². The lowest BCUT2D eigenvalue weighted by molar-refractivity contribution is -0.122. The Labute approximate surface area is 114 Å². The molecule has 2 aliphatic rings. The van der Waals surface area contributed by atoms with E-state index in [9.17, 15) is 4.79 Å². The summed E-state index contributed by atoms with van der Waals surface area (Å²) >= 11 is 0. The van der Waals surface area contributed by atoms with Crippen molar-refractivity contribution in [2.45, 2.75) is 51.1 Å². The molecule has 2 N–H and O–H groups in total. The summed E-state index contributed by atoms with van der Waals surface area (Å²) in [7, 11) is 0. The van der Waals surface area contributed by atoms with Gasteiger partial charge in [0.1, 0.15) is 0 Å². The van der Waals surface area contributed by atoms with Gasteiger partial charge in [-0.15, -0.1) is 0 Å². The van der Waals surface area contributed by atoms with E-state index in [4.69, 9.17) is 0 Å². The van der Waals surface area contributed by atoms with E-state index in [2.05, 4.69) is 28.8 Å². The van der Waals surface area contributed by atoms with Gasteiger partial charge in [-0.05, 0) is 55.3 Å². The predicted molar refractivity (Wildman–Crippen MR) is 76.0 cm³/mol. The molecule has 3 rings (SSSR count). The Morgan fingerprint density at radius 2 is 2.26 bits per heavy atom. The smallest absolute Gasteiger partial charge is 0.220 e. The quantitative estimate of drug-likeness (QED) is 0.866. The van der Waals surface area contributed by atoms with Crippen LogP contribution in [0.25, 0.3) is 0 Å². The maximum Gasteiger partial charge on any atom is 0.220 e. The van der Waals surface area contributed by atoms with Crippen LogP contribution >= 0.6 is 0 Å². The first-order chi connectivity index (χ1) is 9.33. The molecule has 0 atom stereocenters. The number of hydrogen-bond acceptors (Lipinski definition) is 2. The minimum atomic E-state index is 0.219. The topological polar surface area (TPSA) is 41.1 Å². The molecule has 1 aliphatic carbocycles. The molecule has 0 saturated heterocycles. The Kier molecular flexibility index (Phi) is 3.83. The minimum Gasteiger partial charge on any atom is -0.353 e. The molecule has 1 heterocycles. The lowest BCUT2D eigenvalue weighted by Crippen LogP contribution is -2.39. The van der Waals surface area contributed by atoms with Crippen LogP contribution in [0.5, 0.6) is 0 Å². The molecule has 1 amide bonds. The average molecular weight is 258 g/mol. The molecule has 19 heavy (non-hydrogen) atoms. The summed E-state index contributed by atoms with van der Waals surface area (Å²) < 4.78 is 0. The zero-order valence-electron chi connectivity index (χ0n) is 11.4. The van der Waals surface area contributed by atoms with E-state index >= 15 is 0 Å². The van der Waals surface area contributed by atoms with E-state index in [0.29, 0.717) is 12.5 Å². The van der Waals surface area contributed by atoms with Crippen LogP contribution in [0.1, 0.15) is 42.4 Å². The Balaban J connectivity index is 1.58. The van der Waals surface area contributed by atoms with Gasteiger partial charge in [-0.25, -0.2) is 0 Å². The Bertz CT molecular complexity index is 466. The monoisotopic (exact) mass is 258 g/mol.